The second kappa shape index (κ2) is 2.88. The summed E-state index contributed by atoms with van der Waals surface area (Å²) in [6.45, 7) is 4.49. The molecular formula is C9H13N. The highest BCUT2D eigenvalue weighted by molar-refractivity contribution is 5.20. The fraction of sp³-hybridized carbons (Fsp3) is 0.667. The summed E-state index contributed by atoms with van der Waals surface area (Å²) in [6.07, 6.45) is 4.01. The first-order valence-electron chi connectivity index (χ1n) is 3.81. The lowest BCUT2D eigenvalue weighted by Gasteiger charge is -2.31. The van der Waals surface area contributed by atoms with Gasteiger partial charge in [-0.2, -0.15) is 5.26 Å². The van der Waals surface area contributed by atoms with Gasteiger partial charge in [0, 0.05) is 6.08 Å². The Morgan fingerprint density at radius 3 is 2.60 bits per heavy atom. The maximum Gasteiger partial charge on any atom is 0.0911 e. The summed E-state index contributed by atoms with van der Waals surface area (Å²) in [5, 5.41) is 8.30. The number of allylic oxidation sites excluding steroid dienone is 2. The lowest BCUT2D eigenvalue weighted by Crippen LogP contribution is -2.19. The molecule has 0 heterocycles. The van der Waals surface area contributed by atoms with Gasteiger partial charge in [0.1, 0.15) is 0 Å². The summed E-state index contributed by atoms with van der Waals surface area (Å²) in [5.74, 6) is 1.63. The molecule has 0 saturated heterocycles. The average Bonchev–Trinajstić information content (AvgIpc) is 1.76. The van der Waals surface area contributed by atoms with Crippen LogP contribution in [0.2, 0.25) is 0 Å². The summed E-state index contributed by atoms with van der Waals surface area (Å²) in [6, 6.07) is 2.07. The molecule has 0 unspecified atom stereocenters. The molecular weight excluding hydrogens is 122 g/mol. The van der Waals surface area contributed by atoms with Gasteiger partial charge in [0.2, 0.25) is 0 Å². The Morgan fingerprint density at radius 1 is 1.60 bits per heavy atom. The van der Waals surface area contributed by atoms with Gasteiger partial charge < -0.3 is 0 Å². The molecule has 0 amide bonds. The Balaban J connectivity index is 2.32. The van der Waals surface area contributed by atoms with Crippen molar-refractivity contribution >= 4 is 0 Å². The van der Waals surface area contributed by atoms with Crippen molar-refractivity contribution in [2.45, 2.75) is 26.7 Å². The molecule has 10 heavy (non-hydrogen) atoms. The van der Waals surface area contributed by atoms with Crippen molar-refractivity contribution in [3.8, 4) is 6.07 Å². The number of nitriles is 1. The van der Waals surface area contributed by atoms with E-state index < -0.39 is 0 Å². The zero-order chi connectivity index (χ0) is 7.56. The predicted octanol–water partition coefficient (Wildman–Crippen LogP) is 2.50. The quantitative estimate of drug-likeness (QED) is 0.507. The fourth-order valence-electron chi connectivity index (χ4n) is 1.29. The predicted molar refractivity (Wildman–Crippen MR) is 41.3 cm³/mol. The molecule has 0 bridgehead atoms. The molecule has 1 aliphatic rings. The maximum absolute atomic E-state index is 8.30. The van der Waals surface area contributed by atoms with E-state index in [4.69, 9.17) is 5.26 Å². The van der Waals surface area contributed by atoms with Crippen LogP contribution >= 0.6 is 0 Å². The summed E-state index contributed by atoms with van der Waals surface area (Å²) in [7, 11) is 0. The van der Waals surface area contributed by atoms with E-state index in [0.717, 1.165) is 24.7 Å². The second-order valence-corrected chi connectivity index (χ2v) is 3.34. The van der Waals surface area contributed by atoms with Gasteiger partial charge in [-0.05, 0) is 24.7 Å². The van der Waals surface area contributed by atoms with Crippen molar-refractivity contribution in [2.75, 3.05) is 0 Å². The van der Waals surface area contributed by atoms with Gasteiger partial charge in [0.05, 0.1) is 6.07 Å². The summed E-state index contributed by atoms with van der Waals surface area (Å²) in [5.41, 5.74) is 1.33. The Hall–Kier alpha value is -0.770. The molecule has 1 heteroatoms. The van der Waals surface area contributed by atoms with Crippen molar-refractivity contribution in [1.29, 1.82) is 5.26 Å². The molecule has 0 aromatic heterocycles. The molecule has 1 fully saturated rings. The molecule has 0 radical (unpaired) electrons. The molecule has 1 nitrogen and oxygen atoms in total. The molecule has 1 saturated carbocycles. The molecule has 0 N–H and O–H groups in total. The van der Waals surface area contributed by atoms with Crippen LogP contribution in [0.1, 0.15) is 26.7 Å². The molecule has 0 aromatic rings. The Kier molecular flexibility index (Phi) is 2.11. The highest BCUT2D eigenvalue weighted by atomic mass is 14.3. The summed E-state index contributed by atoms with van der Waals surface area (Å²) >= 11 is 0. The van der Waals surface area contributed by atoms with Gasteiger partial charge in [-0.3, -0.25) is 0 Å². The molecule has 1 rings (SSSR count). The van der Waals surface area contributed by atoms with E-state index in [1.54, 1.807) is 6.08 Å². The van der Waals surface area contributed by atoms with E-state index in [1.807, 2.05) is 0 Å². The minimum atomic E-state index is 0.788. The van der Waals surface area contributed by atoms with Crippen LogP contribution in [-0.4, -0.2) is 0 Å². The van der Waals surface area contributed by atoms with Crippen LogP contribution in [0.5, 0.6) is 0 Å². The standard InChI is InChI=1S/C9H13N/c1-7(2)9-5-8(6-9)3-4-10/h3,7,9H,5-6H2,1-2H3. The Bertz CT molecular complexity index is 175. The number of hydrogen-bond donors (Lipinski definition) is 0. The Morgan fingerprint density at radius 2 is 2.20 bits per heavy atom. The third-order valence-corrected chi connectivity index (χ3v) is 2.26. The lowest BCUT2D eigenvalue weighted by molar-refractivity contribution is 0.309. The van der Waals surface area contributed by atoms with Crippen LogP contribution in [0.25, 0.3) is 0 Å². The van der Waals surface area contributed by atoms with Gasteiger partial charge in [-0.15, -0.1) is 0 Å². The fourth-order valence-corrected chi connectivity index (χ4v) is 1.29. The smallest absolute Gasteiger partial charge is 0.0911 e. The van der Waals surface area contributed by atoms with E-state index in [-0.39, 0.29) is 0 Å². The first-order valence-corrected chi connectivity index (χ1v) is 3.81. The van der Waals surface area contributed by atoms with Crippen molar-refractivity contribution in [2.24, 2.45) is 11.8 Å². The van der Waals surface area contributed by atoms with Gasteiger partial charge in [0.15, 0.2) is 0 Å². The van der Waals surface area contributed by atoms with E-state index in [0.29, 0.717) is 0 Å². The van der Waals surface area contributed by atoms with Gasteiger partial charge in [-0.1, -0.05) is 19.4 Å². The third kappa shape index (κ3) is 1.39. The average molecular weight is 135 g/mol. The van der Waals surface area contributed by atoms with Crippen LogP contribution in [0.15, 0.2) is 11.6 Å². The number of rotatable bonds is 1. The normalized spacial score (nSPS) is 23.8. The van der Waals surface area contributed by atoms with Crippen molar-refractivity contribution < 1.29 is 0 Å². The second-order valence-electron chi connectivity index (χ2n) is 3.34. The zero-order valence-corrected chi connectivity index (χ0v) is 6.59. The van der Waals surface area contributed by atoms with Crippen LogP contribution in [0.4, 0.5) is 0 Å². The van der Waals surface area contributed by atoms with Gasteiger partial charge in [0.25, 0.3) is 0 Å². The third-order valence-electron chi connectivity index (χ3n) is 2.26. The van der Waals surface area contributed by atoms with E-state index in [2.05, 4.69) is 19.9 Å². The van der Waals surface area contributed by atoms with Crippen molar-refractivity contribution in [1.82, 2.24) is 0 Å². The topological polar surface area (TPSA) is 23.8 Å². The molecule has 0 aromatic carbocycles. The lowest BCUT2D eigenvalue weighted by atomic mass is 9.73. The zero-order valence-electron chi connectivity index (χ0n) is 6.59. The van der Waals surface area contributed by atoms with Crippen LogP contribution in [0, 0.1) is 23.2 Å². The minimum absolute atomic E-state index is 0.788. The van der Waals surface area contributed by atoms with E-state index in [9.17, 15) is 0 Å². The molecule has 0 aliphatic heterocycles. The van der Waals surface area contributed by atoms with Crippen molar-refractivity contribution in [3.05, 3.63) is 11.6 Å². The maximum atomic E-state index is 8.30. The molecule has 0 atom stereocenters. The SMILES string of the molecule is CC(C)C1CC(=CC#N)C1. The van der Waals surface area contributed by atoms with Gasteiger partial charge >= 0.3 is 0 Å². The highest BCUT2D eigenvalue weighted by Gasteiger charge is 2.25. The number of nitrogens with zero attached hydrogens (tertiary/aromatic N) is 1. The molecule has 54 valence electrons. The number of hydrogen-bond acceptors (Lipinski definition) is 1. The summed E-state index contributed by atoms with van der Waals surface area (Å²) in [4.78, 5) is 0. The highest BCUT2D eigenvalue weighted by Crippen LogP contribution is 2.37. The van der Waals surface area contributed by atoms with Crippen LogP contribution in [0.3, 0.4) is 0 Å². The first kappa shape index (κ1) is 7.34. The molecule has 1 aliphatic carbocycles. The van der Waals surface area contributed by atoms with E-state index >= 15 is 0 Å². The largest absolute Gasteiger partial charge is 0.193 e. The molecule has 0 spiro atoms. The van der Waals surface area contributed by atoms with Crippen LogP contribution in [-0.2, 0) is 0 Å². The Labute approximate surface area is 62.4 Å². The van der Waals surface area contributed by atoms with Crippen molar-refractivity contribution in [3.63, 3.8) is 0 Å². The van der Waals surface area contributed by atoms with E-state index in [1.165, 1.54) is 5.57 Å². The first-order chi connectivity index (χ1) is 4.74. The minimum Gasteiger partial charge on any atom is -0.193 e. The summed E-state index contributed by atoms with van der Waals surface area (Å²) < 4.78 is 0. The van der Waals surface area contributed by atoms with Crippen LogP contribution < -0.4 is 0 Å². The monoisotopic (exact) mass is 135 g/mol. The van der Waals surface area contributed by atoms with Gasteiger partial charge in [-0.25, -0.2) is 0 Å².